The van der Waals surface area contributed by atoms with Gasteiger partial charge in [-0.1, -0.05) is 6.07 Å². The Morgan fingerprint density at radius 3 is 2.86 bits per heavy atom. The van der Waals surface area contributed by atoms with Crippen molar-refractivity contribution in [1.82, 2.24) is 10.2 Å². The summed E-state index contributed by atoms with van der Waals surface area (Å²) in [4.78, 5) is 25.9. The fraction of sp³-hybridized carbons (Fsp3) is 0.529. The molecule has 2 N–H and O–H groups in total. The second kappa shape index (κ2) is 6.48. The molecule has 0 saturated carbocycles. The van der Waals surface area contributed by atoms with Crippen LogP contribution < -0.4 is 5.32 Å². The zero-order valence-electron chi connectivity index (χ0n) is 12.7. The molecule has 1 aliphatic carbocycles. The van der Waals surface area contributed by atoms with Crippen molar-refractivity contribution in [3.05, 3.63) is 34.9 Å². The molecule has 5 nitrogen and oxygen atoms in total. The summed E-state index contributed by atoms with van der Waals surface area (Å²) in [6.07, 6.45) is 4.11. The van der Waals surface area contributed by atoms with Gasteiger partial charge in [-0.3, -0.25) is 9.59 Å². The Hall–Kier alpha value is -1.88. The predicted octanol–water partition coefficient (Wildman–Crippen LogP) is 0.746. The van der Waals surface area contributed by atoms with Crippen molar-refractivity contribution in [2.75, 3.05) is 26.2 Å². The van der Waals surface area contributed by atoms with Crippen LogP contribution in [-0.2, 0) is 17.6 Å². The highest BCUT2D eigenvalue weighted by Gasteiger charge is 2.25. The smallest absolute Gasteiger partial charge is 0.251 e. The molecule has 1 unspecified atom stereocenters. The molecule has 1 aromatic carbocycles. The first-order valence-corrected chi connectivity index (χ1v) is 7.96. The van der Waals surface area contributed by atoms with Crippen LogP contribution in [0.4, 0.5) is 0 Å². The largest absolute Gasteiger partial charge is 0.396 e. The molecule has 0 spiro atoms. The van der Waals surface area contributed by atoms with Gasteiger partial charge in [0.25, 0.3) is 5.91 Å². The summed E-state index contributed by atoms with van der Waals surface area (Å²) in [7, 11) is 0. The van der Waals surface area contributed by atoms with Crippen LogP contribution >= 0.6 is 0 Å². The van der Waals surface area contributed by atoms with Crippen LogP contribution in [0.5, 0.6) is 0 Å². The van der Waals surface area contributed by atoms with E-state index in [2.05, 4.69) is 5.32 Å². The number of carbonyl (C=O) groups is 2. The minimum absolute atomic E-state index is 0.0219. The molecular weight excluding hydrogens is 280 g/mol. The lowest BCUT2D eigenvalue weighted by atomic mass is 10.1. The third-order valence-electron chi connectivity index (χ3n) is 4.66. The second-order valence-corrected chi connectivity index (χ2v) is 6.20. The molecule has 2 aliphatic rings. The number of rotatable bonds is 4. The van der Waals surface area contributed by atoms with Crippen LogP contribution in [0, 0.1) is 5.92 Å². The van der Waals surface area contributed by atoms with Crippen LogP contribution in [0.15, 0.2) is 18.2 Å². The van der Waals surface area contributed by atoms with Crippen molar-refractivity contribution >= 4 is 11.8 Å². The maximum Gasteiger partial charge on any atom is 0.251 e. The van der Waals surface area contributed by atoms with E-state index in [0.717, 1.165) is 25.7 Å². The van der Waals surface area contributed by atoms with Crippen LogP contribution in [0.2, 0.25) is 0 Å². The highest BCUT2D eigenvalue weighted by Crippen LogP contribution is 2.22. The first-order valence-electron chi connectivity index (χ1n) is 7.96. The molecule has 1 aromatic rings. The van der Waals surface area contributed by atoms with Gasteiger partial charge in [-0.25, -0.2) is 0 Å². The zero-order valence-corrected chi connectivity index (χ0v) is 12.7. The third kappa shape index (κ3) is 3.14. The van der Waals surface area contributed by atoms with Gasteiger partial charge in [-0.2, -0.15) is 0 Å². The van der Waals surface area contributed by atoms with Crippen molar-refractivity contribution in [2.45, 2.75) is 25.7 Å². The van der Waals surface area contributed by atoms with Crippen molar-refractivity contribution in [3.8, 4) is 0 Å². The number of likely N-dealkylation sites (tertiary alicyclic amines) is 1. The number of nitrogens with zero attached hydrogens (tertiary/aromatic N) is 1. The molecule has 1 fully saturated rings. The monoisotopic (exact) mass is 302 g/mol. The fourth-order valence-corrected chi connectivity index (χ4v) is 3.29. The van der Waals surface area contributed by atoms with E-state index >= 15 is 0 Å². The van der Waals surface area contributed by atoms with Gasteiger partial charge in [0.2, 0.25) is 5.91 Å². The average Bonchev–Trinajstić information content (AvgIpc) is 3.19. The Kier molecular flexibility index (Phi) is 4.43. The average molecular weight is 302 g/mol. The van der Waals surface area contributed by atoms with Crippen LogP contribution in [0.1, 0.15) is 34.3 Å². The molecule has 2 amide bonds. The molecule has 1 saturated heterocycles. The van der Waals surface area contributed by atoms with Gasteiger partial charge < -0.3 is 15.3 Å². The van der Waals surface area contributed by atoms with E-state index in [-0.39, 0.29) is 30.9 Å². The van der Waals surface area contributed by atoms with Crippen molar-refractivity contribution in [1.29, 1.82) is 0 Å². The number of benzene rings is 1. The van der Waals surface area contributed by atoms with Gasteiger partial charge in [-0.15, -0.1) is 0 Å². The van der Waals surface area contributed by atoms with Crippen LogP contribution in [0.3, 0.4) is 0 Å². The van der Waals surface area contributed by atoms with Crippen LogP contribution in [0.25, 0.3) is 0 Å². The van der Waals surface area contributed by atoms with E-state index in [1.54, 1.807) is 4.90 Å². The summed E-state index contributed by atoms with van der Waals surface area (Å²) in [6, 6.07) is 5.80. The number of amides is 2. The van der Waals surface area contributed by atoms with Gasteiger partial charge >= 0.3 is 0 Å². The number of carbonyl (C=O) groups excluding carboxylic acids is 2. The van der Waals surface area contributed by atoms with E-state index in [9.17, 15) is 9.59 Å². The van der Waals surface area contributed by atoms with Crippen molar-refractivity contribution in [2.24, 2.45) is 5.92 Å². The quantitative estimate of drug-likeness (QED) is 0.862. The first kappa shape index (κ1) is 15.0. The number of hydrogen-bond donors (Lipinski definition) is 2. The highest BCUT2D eigenvalue weighted by atomic mass is 16.3. The number of aryl methyl sites for hydroxylation is 2. The van der Waals surface area contributed by atoms with Gasteiger partial charge in [0, 0.05) is 31.2 Å². The Bertz CT molecular complexity index is 585. The highest BCUT2D eigenvalue weighted by molar-refractivity contribution is 5.96. The summed E-state index contributed by atoms with van der Waals surface area (Å²) < 4.78 is 0. The molecule has 0 bridgehead atoms. The Balaban J connectivity index is 1.53. The number of aliphatic hydroxyl groups is 1. The minimum Gasteiger partial charge on any atom is -0.396 e. The van der Waals surface area contributed by atoms with E-state index in [1.807, 2.05) is 18.2 Å². The van der Waals surface area contributed by atoms with E-state index < -0.39 is 0 Å². The number of hydrogen-bond acceptors (Lipinski definition) is 3. The second-order valence-electron chi connectivity index (χ2n) is 6.20. The van der Waals surface area contributed by atoms with Gasteiger partial charge in [0.05, 0.1) is 6.54 Å². The summed E-state index contributed by atoms with van der Waals surface area (Å²) in [5, 5.41) is 11.8. The predicted molar refractivity (Wildman–Crippen MR) is 82.6 cm³/mol. The van der Waals surface area contributed by atoms with Crippen molar-refractivity contribution in [3.63, 3.8) is 0 Å². The molecule has 0 radical (unpaired) electrons. The van der Waals surface area contributed by atoms with Gasteiger partial charge in [0.15, 0.2) is 0 Å². The molecule has 1 heterocycles. The lowest BCUT2D eigenvalue weighted by Gasteiger charge is -2.16. The Labute approximate surface area is 130 Å². The standard InChI is InChI=1S/C17H22N2O3/c20-11-12-6-7-19(10-12)16(21)9-18-17(22)15-5-4-13-2-1-3-14(13)8-15/h4-5,8,12,20H,1-3,6-7,9-11H2,(H,18,22). The molecule has 1 atom stereocenters. The summed E-state index contributed by atoms with van der Waals surface area (Å²) >= 11 is 0. The zero-order chi connectivity index (χ0) is 15.5. The maximum absolute atomic E-state index is 12.2. The molecule has 22 heavy (non-hydrogen) atoms. The molecule has 0 aromatic heterocycles. The first-order chi connectivity index (χ1) is 10.7. The summed E-state index contributed by atoms with van der Waals surface area (Å²) in [5.41, 5.74) is 3.21. The summed E-state index contributed by atoms with van der Waals surface area (Å²) in [6.45, 7) is 1.39. The molecule has 3 rings (SSSR count). The molecule has 1 aliphatic heterocycles. The van der Waals surface area contributed by atoms with E-state index in [1.165, 1.54) is 11.1 Å². The lowest BCUT2D eigenvalue weighted by Crippen LogP contribution is -2.39. The fourth-order valence-electron chi connectivity index (χ4n) is 3.29. The molecule has 5 heteroatoms. The number of aliphatic hydroxyl groups excluding tert-OH is 1. The minimum atomic E-state index is -0.194. The normalized spacial score (nSPS) is 20.0. The van der Waals surface area contributed by atoms with Gasteiger partial charge in [-0.05, 0) is 48.9 Å². The van der Waals surface area contributed by atoms with Crippen molar-refractivity contribution < 1.29 is 14.7 Å². The number of fused-ring (bicyclic) bond motifs is 1. The van der Waals surface area contributed by atoms with E-state index in [4.69, 9.17) is 5.11 Å². The number of nitrogens with one attached hydrogen (secondary N) is 1. The topological polar surface area (TPSA) is 69.6 Å². The maximum atomic E-state index is 12.2. The van der Waals surface area contributed by atoms with Gasteiger partial charge in [0.1, 0.15) is 0 Å². The SMILES string of the molecule is O=C(NCC(=O)N1CCC(CO)C1)c1ccc2c(c1)CCC2. The van der Waals surface area contributed by atoms with E-state index in [0.29, 0.717) is 18.7 Å². The Morgan fingerprint density at radius 2 is 2.09 bits per heavy atom. The third-order valence-corrected chi connectivity index (χ3v) is 4.66. The lowest BCUT2D eigenvalue weighted by molar-refractivity contribution is -0.129. The Morgan fingerprint density at radius 1 is 1.27 bits per heavy atom. The van der Waals surface area contributed by atoms with Crippen LogP contribution in [-0.4, -0.2) is 48.1 Å². The summed E-state index contributed by atoms with van der Waals surface area (Å²) in [5.74, 6) is -0.0947. The molecular formula is C17H22N2O3. The molecule has 118 valence electrons.